The number of nitrogens with zero attached hydrogens (tertiary/aromatic N) is 2. The first-order valence-electron chi connectivity index (χ1n) is 9.45. The van der Waals surface area contributed by atoms with Crippen LogP contribution in [0.15, 0.2) is 47.4 Å². The van der Waals surface area contributed by atoms with Gasteiger partial charge in [-0.05, 0) is 56.5 Å². The van der Waals surface area contributed by atoms with Crippen LogP contribution < -0.4 is 9.64 Å². The number of amides is 1. The molecule has 0 N–H and O–H groups in total. The summed E-state index contributed by atoms with van der Waals surface area (Å²) in [6.45, 7) is 5.31. The van der Waals surface area contributed by atoms with Crippen molar-refractivity contribution in [3.63, 3.8) is 0 Å². The van der Waals surface area contributed by atoms with Crippen LogP contribution in [0.5, 0.6) is 5.75 Å². The summed E-state index contributed by atoms with van der Waals surface area (Å²) in [7, 11) is -2.27. The molecule has 0 aliphatic carbocycles. The maximum atomic E-state index is 13.2. The molecule has 28 heavy (non-hydrogen) atoms. The summed E-state index contributed by atoms with van der Waals surface area (Å²) in [6, 6.07) is 12.3. The van der Waals surface area contributed by atoms with Crippen LogP contribution in [0.2, 0.25) is 0 Å². The Morgan fingerprint density at radius 2 is 1.82 bits per heavy atom. The van der Waals surface area contributed by atoms with Gasteiger partial charge < -0.3 is 9.64 Å². The molecule has 0 unspecified atom stereocenters. The normalized spacial score (nSPS) is 14.8. The average molecular weight is 403 g/mol. The molecule has 1 saturated heterocycles. The minimum Gasteiger partial charge on any atom is -0.495 e. The molecule has 0 radical (unpaired) electrons. The molecule has 1 fully saturated rings. The van der Waals surface area contributed by atoms with Crippen molar-refractivity contribution in [1.29, 1.82) is 0 Å². The summed E-state index contributed by atoms with van der Waals surface area (Å²) >= 11 is 0. The van der Waals surface area contributed by atoms with Gasteiger partial charge in [0.2, 0.25) is 10.0 Å². The number of rotatable bonds is 6. The highest BCUT2D eigenvalue weighted by Gasteiger charge is 2.31. The number of hydrogen-bond donors (Lipinski definition) is 0. The molecular weight excluding hydrogens is 376 g/mol. The first-order valence-corrected chi connectivity index (χ1v) is 10.9. The van der Waals surface area contributed by atoms with Crippen molar-refractivity contribution in [2.45, 2.75) is 31.6 Å². The molecule has 7 heteroatoms. The van der Waals surface area contributed by atoms with Crippen LogP contribution in [-0.4, -0.2) is 45.4 Å². The first kappa shape index (κ1) is 20.4. The second-order valence-electron chi connectivity index (χ2n) is 6.81. The van der Waals surface area contributed by atoms with E-state index in [1.54, 1.807) is 17.0 Å². The van der Waals surface area contributed by atoms with Crippen molar-refractivity contribution in [3.05, 3.63) is 53.6 Å². The lowest BCUT2D eigenvalue weighted by molar-refractivity contribution is 0.0988. The van der Waals surface area contributed by atoms with E-state index >= 15 is 0 Å². The Morgan fingerprint density at radius 1 is 1.14 bits per heavy atom. The molecule has 6 nitrogen and oxygen atoms in total. The summed E-state index contributed by atoms with van der Waals surface area (Å²) in [4.78, 5) is 14.9. The molecule has 0 spiro atoms. The van der Waals surface area contributed by atoms with Crippen LogP contribution in [0.4, 0.5) is 5.69 Å². The van der Waals surface area contributed by atoms with E-state index in [1.165, 1.54) is 17.5 Å². The van der Waals surface area contributed by atoms with Crippen molar-refractivity contribution in [3.8, 4) is 5.75 Å². The third-order valence-electron chi connectivity index (χ3n) is 5.06. The molecule has 1 aliphatic rings. The topological polar surface area (TPSA) is 66.9 Å². The smallest absolute Gasteiger partial charge is 0.258 e. The number of hydrogen-bond acceptors (Lipinski definition) is 4. The van der Waals surface area contributed by atoms with E-state index < -0.39 is 10.0 Å². The third kappa shape index (κ3) is 3.77. The number of carbonyl (C=O) groups excluding carboxylic acids is 1. The average Bonchev–Trinajstić information content (AvgIpc) is 3.25. The predicted molar refractivity (Wildman–Crippen MR) is 110 cm³/mol. The largest absolute Gasteiger partial charge is 0.495 e. The molecular formula is C21H26N2O4S. The van der Waals surface area contributed by atoms with E-state index in [-0.39, 0.29) is 16.6 Å². The van der Waals surface area contributed by atoms with Crippen LogP contribution in [0.1, 0.15) is 35.7 Å². The second kappa shape index (κ2) is 8.32. The van der Waals surface area contributed by atoms with Crippen LogP contribution in [0, 0.1) is 6.92 Å². The molecule has 2 aromatic rings. The first-order chi connectivity index (χ1) is 13.4. The highest BCUT2D eigenvalue weighted by Crippen LogP contribution is 2.31. The number of benzene rings is 2. The Hall–Kier alpha value is -2.38. The van der Waals surface area contributed by atoms with Crippen LogP contribution >= 0.6 is 0 Å². The number of aryl methyl sites for hydroxylation is 1. The molecule has 2 aromatic carbocycles. The predicted octanol–water partition coefficient (Wildman–Crippen LogP) is 3.45. The van der Waals surface area contributed by atoms with Gasteiger partial charge in [0.05, 0.1) is 7.11 Å². The fourth-order valence-corrected chi connectivity index (χ4v) is 5.22. The number of carbonyl (C=O) groups is 1. The van der Waals surface area contributed by atoms with Crippen molar-refractivity contribution >= 4 is 21.6 Å². The fraction of sp³-hybridized carbons (Fsp3) is 0.381. The monoisotopic (exact) mass is 402 g/mol. The van der Waals surface area contributed by atoms with E-state index in [1.807, 2.05) is 38.1 Å². The summed E-state index contributed by atoms with van der Waals surface area (Å²) in [5.41, 5.74) is 2.12. The van der Waals surface area contributed by atoms with E-state index in [2.05, 4.69) is 0 Å². The Kier molecular flexibility index (Phi) is 6.05. The molecule has 0 saturated carbocycles. The minimum atomic E-state index is -3.71. The molecule has 1 heterocycles. The van der Waals surface area contributed by atoms with Crippen LogP contribution in [0.3, 0.4) is 0 Å². The second-order valence-corrected chi connectivity index (χ2v) is 8.72. The van der Waals surface area contributed by atoms with Gasteiger partial charge in [-0.3, -0.25) is 4.79 Å². The molecule has 3 rings (SSSR count). The standard InChI is InChI=1S/C21H26N2O4S/c1-4-23(18-10-6-5-9-16(18)2)21(24)17-11-12-19(27-3)20(15-17)28(25,26)22-13-7-8-14-22/h5-6,9-12,15H,4,7-8,13-14H2,1-3H3. The van der Waals surface area contributed by atoms with Gasteiger partial charge in [-0.2, -0.15) is 4.31 Å². The van der Waals surface area contributed by atoms with Gasteiger partial charge in [0.1, 0.15) is 10.6 Å². The number of sulfonamides is 1. The SMILES string of the molecule is CCN(C(=O)c1ccc(OC)c(S(=O)(=O)N2CCCC2)c1)c1ccccc1C. The molecule has 0 atom stereocenters. The van der Waals surface area contributed by atoms with E-state index in [0.717, 1.165) is 24.1 Å². The number of methoxy groups -OCH3 is 1. The summed E-state index contributed by atoms with van der Waals surface area (Å²) in [6.07, 6.45) is 1.69. The van der Waals surface area contributed by atoms with E-state index in [4.69, 9.17) is 4.74 Å². The molecule has 1 aliphatic heterocycles. The summed E-state index contributed by atoms with van der Waals surface area (Å²) in [5.74, 6) is 0.0136. The Labute approximate surface area is 166 Å². The zero-order valence-electron chi connectivity index (χ0n) is 16.5. The van der Waals surface area contributed by atoms with Gasteiger partial charge in [0, 0.05) is 30.9 Å². The van der Waals surface area contributed by atoms with Crippen molar-refractivity contribution in [2.24, 2.45) is 0 Å². The quantitative estimate of drug-likeness (QED) is 0.742. The third-order valence-corrected chi connectivity index (χ3v) is 6.98. The van der Waals surface area contributed by atoms with Crippen LogP contribution in [-0.2, 0) is 10.0 Å². The zero-order chi connectivity index (χ0) is 20.3. The van der Waals surface area contributed by atoms with E-state index in [0.29, 0.717) is 25.2 Å². The van der Waals surface area contributed by atoms with Crippen molar-refractivity contribution in [1.82, 2.24) is 4.31 Å². The maximum Gasteiger partial charge on any atom is 0.258 e. The molecule has 0 aromatic heterocycles. The molecule has 150 valence electrons. The van der Waals surface area contributed by atoms with Gasteiger partial charge in [-0.1, -0.05) is 18.2 Å². The number of para-hydroxylation sites is 1. The van der Waals surface area contributed by atoms with Gasteiger partial charge in [0.25, 0.3) is 5.91 Å². The van der Waals surface area contributed by atoms with Gasteiger partial charge >= 0.3 is 0 Å². The van der Waals surface area contributed by atoms with Crippen molar-refractivity contribution < 1.29 is 17.9 Å². The highest BCUT2D eigenvalue weighted by molar-refractivity contribution is 7.89. The Bertz CT molecular complexity index is 966. The lowest BCUT2D eigenvalue weighted by Crippen LogP contribution is -2.32. The lowest BCUT2D eigenvalue weighted by atomic mass is 10.1. The summed E-state index contributed by atoms with van der Waals surface area (Å²) in [5, 5.41) is 0. The lowest BCUT2D eigenvalue weighted by Gasteiger charge is -2.24. The van der Waals surface area contributed by atoms with Gasteiger partial charge in [-0.25, -0.2) is 8.42 Å². The minimum absolute atomic E-state index is 0.0450. The van der Waals surface area contributed by atoms with Crippen molar-refractivity contribution in [2.75, 3.05) is 31.6 Å². The van der Waals surface area contributed by atoms with Crippen LogP contribution in [0.25, 0.3) is 0 Å². The fourth-order valence-electron chi connectivity index (χ4n) is 3.52. The highest BCUT2D eigenvalue weighted by atomic mass is 32.2. The molecule has 0 bridgehead atoms. The van der Waals surface area contributed by atoms with E-state index in [9.17, 15) is 13.2 Å². The Balaban J connectivity index is 2.03. The van der Waals surface area contributed by atoms with Gasteiger partial charge in [-0.15, -0.1) is 0 Å². The maximum absolute atomic E-state index is 13.2. The zero-order valence-corrected chi connectivity index (χ0v) is 17.3. The molecule has 1 amide bonds. The number of anilines is 1. The van der Waals surface area contributed by atoms with Gasteiger partial charge in [0.15, 0.2) is 0 Å². The number of ether oxygens (including phenoxy) is 1. The summed E-state index contributed by atoms with van der Waals surface area (Å²) < 4.78 is 32.9. The Morgan fingerprint density at radius 3 is 2.43 bits per heavy atom.